The Hall–Kier alpha value is -2.51. The van der Waals surface area contributed by atoms with Gasteiger partial charge in [-0.1, -0.05) is 0 Å². The predicted octanol–water partition coefficient (Wildman–Crippen LogP) is 0.398. The van der Waals surface area contributed by atoms with Crippen LogP contribution in [0.4, 0.5) is 5.82 Å². The van der Waals surface area contributed by atoms with Crippen LogP contribution in [0, 0.1) is 0 Å². The summed E-state index contributed by atoms with van der Waals surface area (Å²) in [5.41, 5.74) is -0.111. The lowest BCUT2D eigenvalue weighted by atomic mass is 10.4. The molecule has 0 aliphatic carbocycles. The van der Waals surface area contributed by atoms with Crippen LogP contribution in [-0.2, 0) is 13.1 Å². The van der Waals surface area contributed by atoms with Crippen LogP contribution in [0.15, 0.2) is 18.7 Å². The van der Waals surface area contributed by atoms with E-state index in [0.717, 1.165) is 6.54 Å². The second-order valence-corrected chi connectivity index (χ2v) is 3.45. The highest BCUT2D eigenvalue weighted by Crippen LogP contribution is 2.09. The third-order valence-corrected chi connectivity index (χ3v) is 2.35. The lowest BCUT2D eigenvalue weighted by molar-refractivity contribution is 0.0691. The number of rotatable bonds is 5. The van der Waals surface area contributed by atoms with Gasteiger partial charge in [0.15, 0.2) is 17.3 Å². The van der Waals surface area contributed by atoms with Crippen LogP contribution in [0.5, 0.6) is 0 Å². The maximum atomic E-state index is 10.9. The molecule has 0 aliphatic rings. The summed E-state index contributed by atoms with van der Waals surface area (Å²) in [5, 5.41) is 19.6. The number of carboxylic acid groups (broad SMARTS) is 1. The van der Waals surface area contributed by atoms with Gasteiger partial charge in [-0.25, -0.2) is 14.8 Å². The lowest BCUT2D eigenvalue weighted by Crippen LogP contribution is -2.12. The van der Waals surface area contributed by atoms with Crippen molar-refractivity contribution in [1.82, 2.24) is 24.7 Å². The van der Waals surface area contributed by atoms with E-state index in [1.165, 1.54) is 12.4 Å². The first-order valence-electron chi connectivity index (χ1n) is 5.37. The van der Waals surface area contributed by atoms with Crippen LogP contribution in [0.2, 0.25) is 0 Å². The van der Waals surface area contributed by atoms with Gasteiger partial charge in [0.05, 0.1) is 6.54 Å². The Morgan fingerprint density at radius 3 is 2.94 bits per heavy atom. The topological polar surface area (TPSA) is 106 Å². The van der Waals surface area contributed by atoms with Crippen molar-refractivity contribution in [2.45, 2.75) is 20.0 Å². The Morgan fingerprint density at radius 2 is 2.22 bits per heavy atom. The molecule has 18 heavy (non-hydrogen) atoms. The molecule has 0 spiro atoms. The molecule has 2 N–H and O–H groups in total. The minimum atomic E-state index is -1.12. The fourth-order valence-electron chi connectivity index (χ4n) is 1.47. The van der Waals surface area contributed by atoms with Crippen molar-refractivity contribution < 1.29 is 9.90 Å². The Morgan fingerprint density at radius 1 is 1.44 bits per heavy atom. The van der Waals surface area contributed by atoms with Gasteiger partial charge >= 0.3 is 5.97 Å². The van der Waals surface area contributed by atoms with Gasteiger partial charge in [-0.15, -0.1) is 10.2 Å². The van der Waals surface area contributed by atoms with E-state index in [4.69, 9.17) is 5.11 Å². The Kier molecular flexibility index (Phi) is 3.46. The summed E-state index contributed by atoms with van der Waals surface area (Å²) in [6.07, 6.45) is 4.38. The highest BCUT2D eigenvalue weighted by molar-refractivity contribution is 5.90. The quantitative estimate of drug-likeness (QED) is 0.788. The van der Waals surface area contributed by atoms with E-state index in [0.29, 0.717) is 12.4 Å². The fraction of sp³-hybridized carbons (Fsp3) is 0.300. The van der Waals surface area contributed by atoms with Gasteiger partial charge in [0.25, 0.3) is 0 Å². The van der Waals surface area contributed by atoms with Gasteiger partial charge in [-0.3, -0.25) is 0 Å². The monoisotopic (exact) mass is 248 g/mol. The van der Waals surface area contributed by atoms with E-state index in [9.17, 15) is 4.79 Å². The zero-order valence-corrected chi connectivity index (χ0v) is 9.74. The molecule has 94 valence electrons. The van der Waals surface area contributed by atoms with Gasteiger partial charge in [-0.2, -0.15) is 0 Å². The molecule has 2 heterocycles. The molecule has 0 radical (unpaired) electrons. The number of carboxylic acids is 1. The van der Waals surface area contributed by atoms with E-state index >= 15 is 0 Å². The van der Waals surface area contributed by atoms with E-state index in [1.807, 2.05) is 11.5 Å². The van der Waals surface area contributed by atoms with Crippen LogP contribution in [0.25, 0.3) is 0 Å². The minimum Gasteiger partial charge on any atom is -0.476 e. The molecule has 0 amide bonds. The molecule has 0 saturated carbocycles. The molecule has 0 aliphatic heterocycles. The molecule has 2 aromatic rings. The molecule has 0 atom stereocenters. The van der Waals surface area contributed by atoms with E-state index in [2.05, 4.69) is 25.5 Å². The normalized spacial score (nSPS) is 10.3. The third-order valence-electron chi connectivity index (χ3n) is 2.35. The van der Waals surface area contributed by atoms with Gasteiger partial charge in [-0.05, 0) is 6.92 Å². The maximum absolute atomic E-state index is 10.9. The van der Waals surface area contributed by atoms with E-state index in [1.54, 1.807) is 6.33 Å². The molecule has 0 saturated heterocycles. The fourth-order valence-corrected chi connectivity index (χ4v) is 1.47. The Bertz CT molecular complexity index is 553. The first-order chi connectivity index (χ1) is 8.72. The van der Waals surface area contributed by atoms with Gasteiger partial charge in [0, 0.05) is 18.9 Å². The zero-order valence-electron chi connectivity index (χ0n) is 9.74. The average Bonchev–Trinajstić information content (AvgIpc) is 2.84. The minimum absolute atomic E-state index is 0.111. The number of hydrogen-bond acceptors (Lipinski definition) is 6. The van der Waals surface area contributed by atoms with E-state index < -0.39 is 5.97 Å². The van der Waals surface area contributed by atoms with Crippen molar-refractivity contribution in [3.8, 4) is 0 Å². The number of nitrogens with zero attached hydrogens (tertiary/aromatic N) is 5. The number of aryl methyl sites for hydroxylation is 1. The van der Waals surface area contributed by atoms with Crippen molar-refractivity contribution in [1.29, 1.82) is 0 Å². The smallest absolute Gasteiger partial charge is 0.358 e. The molecule has 0 bridgehead atoms. The van der Waals surface area contributed by atoms with Gasteiger partial charge in [0.2, 0.25) is 0 Å². The summed E-state index contributed by atoms with van der Waals surface area (Å²) >= 11 is 0. The molecule has 0 fully saturated rings. The molecule has 0 aromatic carbocycles. The first kappa shape index (κ1) is 12.0. The number of aromatic nitrogens is 5. The van der Waals surface area contributed by atoms with Crippen LogP contribution < -0.4 is 5.32 Å². The molecular formula is C10H12N6O2. The van der Waals surface area contributed by atoms with Gasteiger partial charge < -0.3 is 15.0 Å². The summed E-state index contributed by atoms with van der Waals surface area (Å²) in [6.45, 7) is 3.06. The molecule has 0 unspecified atom stereocenters. The van der Waals surface area contributed by atoms with E-state index in [-0.39, 0.29) is 11.5 Å². The Labute approximate surface area is 103 Å². The van der Waals surface area contributed by atoms with Crippen LogP contribution in [0.3, 0.4) is 0 Å². The number of aromatic carboxylic acids is 1. The summed E-state index contributed by atoms with van der Waals surface area (Å²) in [6, 6.07) is 0. The maximum Gasteiger partial charge on any atom is 0.358 e. The lowest BCUT2D eigenvalue weighted by Gasteiger charge is -2.07. The van der Waals surface area contributed by atoms with Crippen molar-refractivity contribution in [2.75, 3.05) is 5.32 Å². The van der Waals surface area contributed by atoms with Crippen molar-refractivity contribution in [3.05, 3.63) is 30.2 Å². The second kappa shape index (κ2) is 5.21. The number of carbonyl (C=O) groups is 1. The average molecular weight is 248 g/mol. The molecule has 2 rings (SSSR count). The number of nitrogens with one attached hydrogen (secondary N) is 1. The summed E-state index contributed by atoms with van der Waals surface area (Å²) < 4.78 is 1.85. The van der Waals surface area contributed by atoms with Crippen molar-refractivity contribution >= 4 is 11.8 Å². The standard InChI is InChI=1S/C10H12N6O2/c1-2-16-6-14-15-7(16)5-13-9-8(10(17)18)11-3-4-12-9/h3-4,6H,2,5H2,1H3,(H,12,13)(H,17,18). The highest BCUT2D eigenvalue weighted by Gasteiger charge is 2.13. The Balaban J connectivity index is 2.13. The van der Waals surface area contributed by atoms with Crippen LogP contribution in [0.1, 0.15) is 23.2 Å². The summed E-state index contributed by atoms with van der Waals surface area (Å²) in [4.78, 5) is 18.6. The number of hydrogen-bond donors (Lipinski definition) is 2. The van der Waals surface area contributed by atoms with Crippen molar-refractivity contribution in [2.24, 2.45) is 0 Å². The zero-order chi connectivity index (χ0) is 13.0. The molecule has 2 aromatic heterocycles. The van der Waals surface area contributed by atoms with Gasteiger partial charge in [0.1, 0.15) is 6.33 Å². The van der Waals surface area contributed by atoms with Crippen molar-refractivity contribution in [3.63, 3.8) is 0 Å². The number of anilines is 1. The predicted molar refractivity (Wildman–Crippen MR) is 62.0 cm³/mol. The van der Waals surface area contributed by atoms with Crippen LogP contribution in [-0.4, -0.2) is 35.8 Å². The third kappa shape index (κ3) is 2.42. The molecule has 8 nitrogen and oxygen atoms in total. The van der Waals surface area contributed by atoms with Crippen LogP contribution >= 0.6 is 0 Å². The first-order valence-corrected chi connectivity index (χ1v) is 5.37. The SMILES string of the molecule is CCn1cnnc1CNc1nccnc1C(=O)O. The highest BCUT2D eigenvalue weighted by atomic mass is 16.4. The molecular weight excluding hydrogens is 236 g/mol. The second-order valence-electron chi connectivity index (χ2n) is 3.45. The molecule has 8 heteroatoms. The summed E-state index contributed by atoms with van der Waals surface area (Å²) in [7, 11) is 0. The largest absolute Gasteiger partial charge is 0.476 e. The summed E-state index contributed by atoms with van der Waals surface area (Å²) in [5.74, 6) is -0.197.